The molecule has 0 radical (unpaired) electrons. The maximum atomic E-state index is 12.0. The van der Waals surface area contributed by atoms with Gasteiger partial charge in [-0.2, -0.15) is 0 Å². The van der Waals surface area contributed by atoms with Crippen LogP contribution in [0.15, 0.2) is 28.4 Å². The third-order valence-corrected chi connectivity index (χ3v) is 4.06. The molecule has 0 bridgehead atoms. The van der Waals surface area contributed by atoms with E-state index in [9.17, 15) is 4.79 Å². The third-order valence-electron chi connectivity index (χ3n) is 3.30. The van der Waals surface area contributed by atoms with E-state index in [-0.39, 0.29) is 4.87 Å². The van der Waals surface area contributed by atoms with Crippen LogP contribution in [0.4, 0.5) is 0 Å². The second-order valence-corrected chi connectivity index (χ2v) is 5.42. The molecule has 0 fully saturated rings. The first-order chi connectivity index (χ1) is 10.2. The first kappa shape index (κ1) is 15.6. The van der Waals surface area contributed by atoms with Crippen LogP contribution < -0.4 is 20.1 Å². The van der Waals surface area contributed by atoms with Gasteiger partial charge in [-0.25, -0.2) is 0 Å². The van der Waals surface area contributed by atoms with Gasteiger partial charge in [-0.05, 0) is 37.6 Å². The number of aromatic nitrogens is 1. The summed E-state index contributed by atoms with van der Waals surface area (Å²) >= 11 is 1.20. The summed E-state index contributed by atoms with van der Waals surface area (Å²) in [4.78, 5) is 12.1. The van der Waals surface area contributed by atoms with Crippen LogP contribution in [0.25, 0.3) is 11.3 Å². The second-order valence-electron chi connectivity index (χ2n) is 4.60. The van der Waals surface area contributed by atoms with Gasteiger partial charge >= 0.3 is 4.87 Å². The molecule has 1 aromatic carbocycles. The van der Waals surface area contributed by atoms with Crippen LogP contribution in [0.5, 0.6) is 11.5 Å². The quantitative estimate of drug-likeness (QED) is 0.797. The number of nitrogens with two attached hydrogens (primary N) is 1. The zero-order valence-corrected chi connectivity index (χ0v) is 13.1. The zero-order valence-electron chi connectivity index (χ0n) is 12.3. The number of ether oxygens (including phenoxy) is 2. The summed E-state index contributed by atoms with van der Waals surface area (Å²) in [6.45, 7) is 1.30. The number of nitrogens with zero attached hydrogens (tertiary/aromatic N) is 1. The molecule has 0 spiro atoms. The molecular weight excluding hydrogens is 288 g/mol. The van der Waals surface area contributed by atoms with Crippen molar-refractivity contribution in [3.63, 3.8) is 0 Å². The van der Waals surface area contributed by atoms with Crippen LogP contribution >= 0.6 is 11.3 Å². The Hall–Kier alpha value is -1.79. The molecule has 0 amide bonds. The largest absolute Gasteiger partial charge is 0.497 e. The molecular formula is C15H20N2O3S. The van der Waals surface area contributed by atoms with Crippen LogP contribution in [0.3, 0.4) is 0 Å². The van der Waals surface area contributed by atoms with E-state index in [2.05, 4.69) is 0 Å². The van der Waals surface area contributed by atoms with Gasteiger partial charge in [0, 0.05) is 17.5 Å². The predicted octanol–water partition coefficient (Wildman–Crippen LogP) is 2.33. The molecule has 2 N–H and O–H groups in total. The molecule has 6 heteroatoms. The van der Waals surface area contributed by atoms with Crippen molar-refractivity contribution < 1.29 is 9.47 Å². The smallest absolute Gasteiger partial charge is 0.307 e. The molecule has 0 aliphatic rings. The second kappa shape index (κ2) is 7.28. The highest BCUT2D eigenvalue weighted by Crippen LogP contribution is 2.33. The first-order valence-electron chi connectivity index (χ1n) is 6.82. The van der Waals surface area contributed by atoms with Gasteiger partial charge in [-0.3, -0.25) is 9.36 Å². The number of unbranched alkanes of at least 4 members (excludes halogenated alkanes) is 1. The molecule has 0 saturated heterocycles. The Labute approximate surface area is 127 Å². The average molecular weight is 308 g/mol. The standard InChI is InChI=1S/C15H20N2O3S/c1-19-11-5-6-14(20-2)12(9-11)13-10-21-15(18)17(13)8-4-3-7-16/h5-6,9-10H,3-4,7-8,16H2,1-2H3. The minimum atomic E-state index is 0.0342. The Morgan fingerprint density at radius 2 is 2.05 bits per heavy atom. The number of benzene rings is 1. The maximum Gasteiger partial charge on any atom is 0.307 e. The summed E-state index contributed by atoms with van der Waals surface area (Å²) in [6.07, 6.45) is 1.78. The molecule has 0 unspecified atom stereocenters. The Balaban J connectivity index is 2.43. The van der Waals surface area contributed by atoms with Gasteiger partial charge in [0.15, 0.2) is 0 Å². The molecule has 114 valence electrons. The fourth-order valence-corrected chi connectivity index (χ4v) is 2.96. The van der Waals surface area contributed by atoms with Crippen molar-refractivity contribution in [2.24, 2.45) is 5.73 Å². The van der Waals surface area contributed by atoms with Crippen LogP contribution in [-0.4, -0.2) is 25.3 Å². The van der Waals surface area contributed by atoms with Gasteiger partial charge < -0.3 is 15.2 Å². The molecule has 21 heavy (non-hydrogen) atoms. The van der Waals surface area contributed by atoms with Crippen LogP contribution in [0, 0.1) is 0 Å². The molecule has 2 aromatic rings. The Kier molecular flexibility index (Phi) is 5.41. The van der Waals surface area contributed by atoms with Crippen LogP contribution in [-0.2, 0) is 6.54 Å². The van der Waals surface area contributed by atoms with Crippen molar-refractivity contribution in [1.29, 1.82) is 0 Å². The van der Waals surface area contributed by atoms with Crippen LogP contribution in [0.1, 0.15) is 12.8 Å². The summed E-state index contributed by atoms with van der Waals surface area (Å²) in [5.41, 5.74) is 7.24. The van der Waals surface area contributed by atoms with E-state index < -0.39 is 0 Å². The zero-order chi connectivity index (χ0) is 15.2. The lowest BCUT2D eigenvalue weighted by atomic mass is 10.1. The van der Waals surface area contributed by atoms with E-state index >= 15 is 0 Å². The topological polar surface area (TPSA) is 66.5 Å². The summed E-state index contributed by atoms with van der Waals surface area (Å²) in [5.74, 6) is 1.46. The number of hydrogen-bond acceptors (Lipinski definition) is 5. The molecule has 0 saturated carbocycles. The van der Waals surface area contributed by atoms with E-state index in [4.69, 9.17) is 15.2 Å². The molecule has 0 aliphatic heterocycles. The van der Waals surface area contributed by atoms with E-state index in [0.29, 0.717) is 13.1 Å². The van der Waals surface area contributed by atoms with E-state index in [0.717, 1.165) is 35.6 Å². The van der Waals surface area contributed by atoms with Gasteiger partial charge in [0.05, 0.1) is 19.9 Å². The van der Waals surface area contributed by atoms with Gasteiger partial charge in [-0.15, -0.1) is 0 Å². The normalized spacial score (nSPS) is 10.6. The minimum absolute atomic E-state index is 0.0342. The Morgan fingerprint density at radius 3 is 2.71 bits per heavy atom. The van der Waals surface area contributed by atoms with Crippen molar-refractivity contribution in [1.82, 2.24) is 4.57 Å². The lowest BCUT2D eigenvalue weighted by Gasteiger charge is -2.12. The van der Waals surface area contributed by atoms with Gasteiger partial charge in [-0.1, -0.05) is 11.3 Å². The van der Waals surface area contributed by atoms with Crippen molar-refractivity contribution >= 4 is 11.3 Å². The summed E-state index contributed by atoms with van der Waals surface area (Å²) in [5, 5.41) is 1.86. The molecule has 5 nitrogen and oxygen atoms in total. The summed E-state index contributed by atoms with van der Waals surface area (Å²) < 4.78 is 12.4. The molecule has 2 rings (SSSR count). The first-order valence-corrected chi connectivity index (χ1v) is 7.70. The molecule has 0 atom stereocenters. The van der Waals surface area contributed by atoms with Crippen LogP contribution in [0.2, 0.25) is 0 Å². The van der Waals surface area contributed by atoms with Crippen molar-refractivity contribution in [2.75, 3.05) is 20.8 Å². The SMILES string of the molecule is COc1ccc(OC)c(-c2csc(=O)n2CCCCN)c1. The van der Waals surface area contributed by atoms with E-state index in [1.54, 1.807) is 18.8 Å². The van der Waals surface area contributed by atoms with Crippen molar-refractivity contribution in [3.05, 3.63) is 33.2 Å². The molecule has 0 aliphatic carbocycles. The van der Waals surface area contributed by atoms with Gasteiger partial charge in [0.1, 0.15) is 11.5 Å². The summed E-state index contributed by atoms with van der Waals surface area (Å²) in [7, 11) is 3.24. The lowest BCUT2D eigenvalue weighted by Crippen LogP contribution is -2.15. The molecule has 1 aromatic heterocycles. The third kappa shape index (κ3) is 3.46. The predicted molar refractivity (Wildman–Crippen MR) is 85.4 cm³/mol. The van der Waals surface area contributed by atoms with Gasteiger partial charge in [0.2, 0.25) is 0 Å². The summed E-state index contributed by atoms with van der Waals surface area (Å²) in [6, 6.07) is 5.58. The number of methoxy groups -OCH3 is 2. The Morgan fingerprint density at radius 1 is 1.24 bits per heavy atom. The average Bonchev–Trinajstić information content (AvgIpc) is 2.88. The highest BCUT2D eigenvalue weighted by atomic mass is 32.1. The highest BCUT2D eigenvalue weighted by molar-refractivity contribution is 7.07. The number of rotatable bonds is 7. The fraction of sp³-hybridized carbons (Fsp3) is 0.400. The molecule has 1 heterocycles. The van der Waals surface area contributed by atoms with E-state index in [1.165, 1.54) is 11.3 Å². The fourth-order valence-electron chi connectivity index (χ4n) is 2.18. The van der Waals surface area contributed by atoms with Gasteiger partial charge in [0.25, 0.3) is 0 Å². The number of thiazole rings is 1. The van der Waals surface area contributed by atoms with Crippen molar-refractivity contribution in [3.8, 4) is 22.8 Å². The highest BCUT2D eigenvalue weighted by Gasteiger charge is 2.14. The maximum absolute atomic E-state index is 12.0. The monoisotopic (exact) mass is 308 g/mol. The minimum Gasteiger partial charge on any atom is -0.497 e. The van der Waals surface area contributed by atoms with Crippen molar-refractivity contribution in [2.45, 2.75) is 19.4 Å². The van der Waals surface area contributed by atoms with E-state index in [1.807, 2.05) is 23.6 Å². The Bertz CT molecular complexity index is 649. The lowest BCUT2D eigenvalue weighted by molar-refractivity contribution is 0.404. The number of hydrogen-bond donors (Lipinski definition) is 1.